The van der Waals surface area contributed by atoms with Crippen LogP contribution in [0, 0.1) is 0 Å². The summed E-state index contributed by atoms with van der Waals surface area (Å²) in [6.07, 6.45) is 4.75. The van der Waals surface area contributed by atoms with Gasteiger partial charge in [0.05, 0.1) is 6.54 Å². The van der Waals surface area contributed by atoms with Crippen molar-refractivity contribution in [2.45, 2.75) is 6.54 Å². The molecular formula is C16H15N3O3. The normalized spacial score (nSPS) is 10.0. The van der Waals surface area contributed by atoms with Crippen LogP contribution in [0.25, 0.3) is 11.1 Å². The molecule has 2 rings (SSSR count). The molecule has 112 valence electrons. The number of carbonyl (C=O) groups excluding carboxylic acids is 1. The number of carboxylic acid groups (broad SMARTS) is 1. The highest BCUT2D eigenvalue weighted by Crippen LogP contribution is 2.16. The minimum atomic E-state index is -1.51. The molecule has 0 saturated heterocycles. The summed E-state index contributed by atoms with van der Waals surface area (Å²) in [4.78, 5) is 31.8. The van der Waals surface area contributed by atoms with Gasteiger partial charge in [-0.2, -0.15) is 0 Å². The number of hydrogen-bond acceptors (Lipinski definition) is 4. The van der Waals surface area contributed by atoms with Crippen LogP contribution in [-0.4, -0.2) is 38.4 Å². The molecule has 2 aromatic rings. The lowest BCUT2D eigenvalue weighted by molar-refractivity contribution is -0.156. The maximum atomic E-state index is 11.5. The third kappa shape index (κ3) is 3.76. The van der Waals surface area contributed by atoms with Gasteiger partial charge in [-0.15, -0.1) is 6.58 Å². The molecule has 0 fully saturated rings. The van der Waals surface area contributed by atoms with Gasteiger partial charge in [-0.3, -0.25) is 4.79 Å². The second kappa shape index (κ2) is 7.12. The van der Waals surface area contributed by atoms with Gasteiger partial charge in [0.15, 0.2) is 0 Å². The molecule has 0 aliphatic carbocycles. The molecule has 0 bridgehead atoms. The quantitative estimate of drug-likeness (QED) is 0.671. The van der Waals surface area contributed by atoms with Crippen LogP contribution in [0.5, 0.6) is 0 Å². The third-order valence-corrected chi connectivity index (χ3v) is 2.96. The smallest absolute Gasteiger partial charge is 0.394 e. The van der Waals surface area contributed by atoms with Crippen LogP contribution in [-0.2, 0) is 16.1 Å². The van der Waals surface area contributed by atoms with Gasteiger partial charge in [-0.05, 0) is 5.56 Å². The number of aromatic nitrogens is 2. The van der Waals surface area contributed by atoms with Crippen LogP contribution >= 0.6 is 0 Å². The van der Waals surface area contributed by atoms with Gasteiger partial charge < -0.3 is 10.0 Å². The third-order valence-electron chi connectivity index (χ3n) is 2.96. The minimum Gasteiger partial charge on any atom is -0.474 e. The fourth-order valence-electron chi connectivity index (χ4n) is 1.90. The van der Waals surface area contributed by atoms with Gasteiger partial charge in [0.1, 0.15) is 5.82 Å². The Kier molecular flexibility index (Phi) is 4.98. The van der Waals surface area contributed by atoms with E-state index in [1.807, 2.05) is 30.3 Å². The molecule has 1 amide bonds. The zero-order valence-electron chi connectivity index (χ0n) is 11.8. The number of amides is 1. The number of rotatable bonds is 5. The van der Waals surface area contributed by atoms with Crippen molar-refractivity contribution in [2.24, 2.45) is 0 Å². The maximum absolute atomic E-state index is 11.5. The van der Waals surface area contributed by atoms with Crippen LogP contribution in [0.3, 0.4) is 0 Å². The van der Waals surface area contributed by atoms with Crippen molar-refractivity contribution in [1.29, 1.82) is 0 Å². The number of carboxylic acids is 1. The Morgan fingerprint density at radius 3 is 2.32 bits per heavy atom. The highest BCUT2D eigenvalue weighted by molar-refractivity contribution is 6.31. The molecule has 0 unspecified atom stereocenters. The second-order valence-electron chi connectivity index (χ2n) is 4.53. The molecule has 0 spiro atoms. The Morgan fingerprint density at radius 2 is 1.77 bits per heavy atom. The highest BCUT2D eigenvalue weighted by atomic mass is 16.4. The van der Waals surface area contributed by atoms with Gasteiger partial charge in [-0.1, -0.05) is 36.4 Å². The van der Waals surface area contributed by atoms with E-state index in [9.17, 15) is 9.59 Å². The van der Waals surface area contributed by atoms with Gasteiger partial charge in [0, 0.05) is 24.5 Å². The number of carbonyl (C=O) groups is 2. The Hall–Kier alpha value is -3.02. The predicted octanol–water partition coefficient (Wildman–Crippen LogP) is 1.74. The lowest BCUT2D eigenvalue weighted by Gasteiger charge is -2.17. The Labute approximate surface area is 127 Å². The molecule has 1 heterocycles. The SMILES string of the molecule is C=CCN(Cc1ncc(-c2ccccc2)cn1)C(=O)C(=O)O. The zero-order valence-corrected chi connectivity index (χ0v) is 11.8. The number of benzene rings is 1. The fourth-order valence-corrected chi connectivity index (χ4v) is 1.90. The lowest BCUT2D eigenvalue weighted by Crippen LogP contribution is -2.36. The summed E-state index contributed by atoms with van der Waals surface area (Å²) in [5.74, 6) is -2.14. The van der Waals surface area contributed by atoms with Crippen molar-refractivity contribution >= 4 is 11.9 Å². The topological polar surface area (TPSA) is 83.4 Å². The summed E-state index contributed by atoms with van der Waals surface area (Å²) in [6, 6.07) is 9.64. The molecule has 0 atom stereocenters. The van der Waals surface area contributed by atoms with E-state index in [2.05, 4.69) is 16.5 Å². The van der Waals surface area contributed by atoms with Crippen molar-refractivity contribution < 1.29 is 14.7 Å². The van der Waals surface area contributed by atoms with Crippen molar-refractivity contribution in [2.75, 3.05) is 6.54 Å². The fraction of sp³-hybridized carbons (Fsp3) is 0.125. The first-order valence-corrected chi connectivity index (χ1v) is 6.61. The van der Waals surface area contributed by atoms with Crippen molar-refractivity contribution in [3.63, 3.8) is 0 Å². The van der Waals surface area contributed by atoms with E-state index < -0.39 is 11.9 Å². The maximum Gasteiger partial charge on any atom is 0.394 e. The van der Waals surface area contributed by atoms with Crippen LogP contribution in [0.1, 0.15) is 5.82 Å². The first kappa shape index (κ1) is 15.4. The zero-order chi connectivity index (χ0) is 15.9. The van der Waals surface area contributed by atoms with E-state index in [1.165, 1.54) is 6.08 Å². The first-order valence-electron chi connectivity index (χ1n) is 6.61. The van der Waals surface area contributed by atoms with Gasteiger partial charge in [0.25, 0.3) is 0 Å². The average molecular weight is 297 g/mol. The molecule has 1 aromatic heterocycles. The van der Waals surface area contributed by atoms with Gasteiger partial charge in [-0.25, -0.2) is 14.8 Å². The molecular weight excluding hydrogens is 282 g/mol. The van der Waals surface area contributed by atoms with E-state index in [0.717, 1.165) is 16.0 Å². The molecule has 0 radical (unpaired) electrons. The first-order chi connectivity index (χ1) is 10.6. The summed E-state index contributed by atoms with van der Waals surface area (Å²) in [5, 5.41) is 8.78. The van der Waals surface area contributed by atoms with E-state index in [0.29, 0.717) is 5.82 Å². The van der Waals surface area contributed by atoms with Gasteiger partial charge >= 0.3 is 11.9 Å². The Balaban J connectivity index is 2.14. The molecule has 6 heteroatoms. The molecule has 1 aromatic carbocycles. The summed E-state index contributed by atoms with van der Waals surface area (Å²) >= 11 is 0. The van der Waals surface area contributed by atoms with Crippen LogP contribution in [0.2, 0.25) is 0 Å². The molecule has 6 nitrogen and oxygen atoms in total. The van der Waals surface area contributed by atoms with Crippen molar-refractivity contribution in [3.8, 4) is 11.1 Å². The number of hydrogen-bond donors (Lipinski definition) is 1. The number of aliphatic carboxylic acids is 1. The van der Waals surface area contributed by atoms with Crippen molar-refractivity contribution in [1.82, 2.24) is 14.9 Å². The minimum absolute atomic E-state index is 0.0201. The number of nitrogens with zero attached hydrogens (tertiary/aromatic N) is 3. The monoisotopic (exact) mass is 297 g/mol. The largest absolute Gasteiger partial charge is 0.474 e. The average Bonchev–Trinajstić information content (AvgIpc) is 2.55. The molecule has 0 aliphatic rings. The summed E-state index contributed by atoms with van der Waals surface area (Å²) in [5.41, 5.74) is 1.84. The van der Waals surface area contributed by atoms with E-state index in [4.69, 9.17) is 5.11 Å². The molecule has 0 saturated carbocycles. The molecule has 22 heavy (non-hydrogen) atoms. The van der Waals surface area contributed by atoms with Crippen LogP contribution < -0.4 is 0 Å². The van der Waals surface area contributed by atoms with Crippen LogP contribution in [0.4, 0.5) is 0 Å². The second-order valence-corrected chi connectivity index (χ2v) is 4.53. The van der Waals surface area contributed by atoms with E-state index in [-0.39, 0.29) is 13.1 Å². The summed E-state index contributed by atoms with van der Waals surface area (Å²) in [6.45, 7) is 3.65. The Bertz CT molecular complexity index is 669. The molecule has 0 aliphatic heterocycles. The predicted molar refractivity (Wildman–Crippen MR) is 80.7 cm³/mol. The van der Waals surface area contributed by atoms with Crippen molar-refractivity contribution in [3.05, 3.63) is 61.2 Å². The standard InChI is InChI=1S/C16H15N3O3/c1-2-8-19(15(20)16(21)22)11-14-17-9-13(10-18-14)12-6-4-3-5-7-12/h2-7,9-10H,1,8,11H2,(H,21,22). The lowest BCUT2D eigenvalue weighted by atomic mass is 10.1. The van der Waals surface area contributed by atoms with E-state index in [1.54, 1.807) is 12.4 Å². The van der Waals surface area contributed by atoms with Crippen LogP contribution in [0.15, 0.2) is 55.4 Å². The Morgan fingerprint density at radius 1 is 1.14 bits per heavy atom. The van der Waals surface area contributed by atoms with Gasteiger partial charge in [0.2, 0.25) is 0 Å². The summed E-state index contributed by atoms with van der Waals surface area (Å²) < 4.78 is 0. The van der Waals surface area contributed by atoms with E-state index >= 15 is 0 Å². The summed E-state index contributed by atoms with van der Waals surface area (Å²) in [7, 11) is 0. The highest BCUT2D eigenvalue weighted by Gasteiger charge is 2.20. The molecule has 1 N–H and O–H groups in total.